The summed E-state index contributed by atoms with van der Waals surface area (Å²) in [7, 11) is -4.55. The van der Waals surface area contributed by atoms with Gasteiger partial charge in [-0.1, -0.05) is 24.3 Å². The van der Waals surface area contributed by atoms with Gasteiger partial charge in [-0.05, 0) is 149 Å². The minimum absolute atomic E-state index is 0.00703. The first-order valence-electron chi connectivity index (χ1n) is 22.9. The first-order chi connectivity index (χ1) is 30.8. The smallest absolute Gasteiger partial charge is 0.293 e. The lowest BCUT2D eigenvalue weighted by atomic mass is 9.59. The molecule has 1 unspecified atom stereocenters. The van der Waals surface area contributed by atoms with Crippen molar-refractivity contribution in [3.8, 4) is 11.5 Å². The molecule has 5 aromatic rings. The zero-order valence-electron chi connectivity index (χ0n) is 36.6. The zero-order valence-corrected chi connectivity index (χ0v) is 37.4. The number of pyridine rings is 1. The number of benzene rings is 3. The molecule has 3 saturated heterocycles. The summed E-state index contributed by atoms with van der Waals surface area (Å²) < 4.78 is 41.8. The Hall–Kier alpha value is -5.51. The van der Waals surface area contributed by atoms with E-state index in [1.807, 2.05) is 26.0 Å². The van der Waals surface area contributed by atoms with Gasteiger partial charge >= 0.3 is 0 Å². The number of nitro groups is 1. The highest BCUT2D eigenvalue weighted by molar-refractivity contribution is 7.90. The minimum Gasteiger partial charge on any atom is -0.455 e. The lowest BCUT2D eigenvalue weighted by Crippen LogP contribution is -2.54. The monoisotopic (exact) mass is 887 g/mol. The van der Waals surface area contributed by atoms with Crippen LogP contribution in [0.2, 0.25) is 0 Å². The zero-order chi connectivity index (χ0) is 44.2. The van der Waals surface area contributed by atoms with Crippen LogP contribution in [0.25, 0.3) is 11.0 Å². The van der Waals surface area contributed by atoms with Crippen LogP contribution in [0.1, 0.15) is 112 Å². The number of hydrogen-bond donors (Lipinski definition) is 3. The number of rotatable bonds is 13. The van der Waals surface area contributed by atoms with Gasteiger partial charge in [0, 0.05) is 67.7 Å². The summed E-state index contributed by atoms with van der Waals surface area (Å²) in [5.74, 6) is 0.588. The van der Waals surface area contributed by atoms with Gasteiger partial charge in [0.2, 0.25) is 0 Å². The van der Waals surface area contributed by atoms with E-state index in [0.717, 1.165) is 61.8 Å². The highest BCUT2D eigenvalue weighted by Crippen LogP contribution is 2.55. The van der Waals surface area contributed by atoms with Crippen molar-refractivity contribution in [2.45, 2.75) is 107 Å². The number of likely N-dealkylation sites (tertiary alicyclic amines) is 1. The summed E-state index contributed by atoms with van der Waals surface area (Å²) in [4.78, 5) is 37.8. The molecule has 2 aliphatic carbocycles. The van der Waals surface area contributed by atoms with E-state index in [1.165, 1.54) is 57.2 Å². The van der Waals surface area contributed by atoms with Gasteiger partial charge in [0.1, 0.15) is 22.8 Å². The SMILES string of the molecule is CC1(C)CC(CNc2ccc(S(=O)(=O)NC(=O)c3ccc(N4CCC5(CC4)CC(N4CCC[C@H]4c4ccccc4C4CC4)C5)cc3Oc3cnc4[nH]ccc4c3)cc2[N+](=O)[O-])CCO1. The van der Waals surface area contributed by atoms with Crippen molar-refractivity contribution in [1.29, 1.82) is 0 Å². The van der Waals surface area contributed by atoms with Crippen LogP contribution in [0, 0.1) is 21.4 Å². The van der Waals surface area contributed by atoms with Crippen molar-refractivity contribution in [1.82, 2.24) is 19.6 Å². The number of nitro benzene ring substituents is 1. The molecule has 5 fully saturated rings. The normalized spacial score (nSPS) is 22.3. The third kappa shape index (κ3) is 8.69. The fourth-order valence-corrected chi connectivity index (χ4v) is 12.0. The summed E-state index contributed by atoms with van der Waals surface area (Å²) in [6.45, 7) is 7.99. The van der Waals surface area contributed by atoms with Crippen LogP contribution in [0.5, 0.6) is 11.5 Å². The van der Waals surface area contributed by atoms with E-state index in [-0.39, 0.29) is 28.5 Å². The Balaban J connectivity index is 0.837. The van der Waals surface area contributed by atoms with E-state index in [9.17, 15) is 23.3 Å². The molecule has 2 atom stereocenters. The van der Waals surface area contributed by atoms with E-state index in [2.05, 4.69) is 54.1 Å². The Morgan fingerprint density at radius 3 is 2.53 bits per heavy atom. The molecule has 336 valence electrons. The number of piperidine rings is 1. The topological polar surface area (TPSA) is 172 Å². The first-order valence-corrected chi connectivity index (χ1v) is 24.4. The van der Waals surface area contributed by atoms with Crippen LogP contribution in [0.3, 0.4) is 0 Å². The highest BCUT2D eigenvalue weighted by Gasteiger charge is 2.50. The van der Waals surface area contributed by atoms with Crippen LogP contribution in [-0.2, 0) is 14.8 Å². The van der Waals surface area contributed by atoms with E-state index in [0.29, 0.717) is 42.0 Å². The molecule has 2 saturated carbocycles. The van der Waals surface area contributed by atoms with E-state index in [1.54, 1.807) is 41.7 Å². The lowest BCUT2D eigenvalue weighted by molar-refractivity contribution is -0.384. The Kier molecular flexibility index (Phi) is 11.1. The number of carbonyl (C=O) groups excluding carboxylic acids is 1. The van der Waals surface area contributed by atoms with E-state index < -0.39 is 31.4 Å². The number of aromatic amines is 1. The molecule has 2 aromatic heterocycles. The number of nitrogens with one attached hydrogen (secondary N) is 3. The maximum Gasteiger partial charge on any atom is 0.293 e. The van der Waals surface area contributed by atoms with Crippen molar-refractivity contribution in [3.05, 3.63) is 112 Å². The maximum absolute atomic E-state index is 14.0. The number of fused-ring (bicyclic) bond motifs is 1. The number of aromatic nitrogens is 2. The number of anilines is 2. The third-order valence-electron chi connectivity index (χ3n) is 14.6. The number of ether oxygens (including phenoxy) is 2. The molecule has 3 aromatic carbocycles. The van der Waals surface area contributed by atoms with Gasteiger partial charge in [-0.25, -0.2) is 18.1 Å². The maximum atomic E-state index is 14.0. The summed E-state index contributed by atoms with van der Waals surface area (Å²) in [5, 5.41) is 16.2. The largest absolute Gasteiger partial charge is 0.455 e. The molecule has 3 aliphatic heterocycles. The fraction of sp³-hybridized carbons (Fsp3) is 0.469. The second-order valence-corrected chi connectivity index (χ2v) is 21.1. The standard InChI is InChI=1S/C49H57N7O7S/c1-48(2)27-32(16-23-62-48)30-51-42-14-12-38(26-44(42)56(58)59)64(60,61)53-47(57)41-13-11-35(25-45(41)63-37-24-34-15-19-50-46(34)52-31-37)54-21-17-49(18-22-54)28-36(29-49)55-20-5-8-43(55)40-7-4-3-6-39(40)33-9-10-33/h3-4,6-7,11-15,19,24-26,31-33,36,43,51H,5,8-10,16-18,20-23,27-30H2,1-2H3,(H,50,52)(H,53,57)/t32?,43-/m0/s1. The Bertz CT molecular complexity index is 2680. The van der Waals surface area contributed by atoms with Crippen molar-refractivity contribution in [3.63, 3.8) is 0 Å². The van der Waals surface area contributed by atoms with Gasteiger partial charge in [0.05, 0.1) is 27.2 Å². The van der Waals surface area contributed by atoms with Gasteiger partial charge in [0.25, 0.3) is 21.6 Å². The van der Waals surface area contributed by atoms with Gasteiger partial charge in [0.15, 0.2) is 0 Å². The van der Waals surface area contributed by atoms with Crippen LogP contribution in [-0.4, -0.2) is 78.5 Å². The Morgan fingerprint density at radius 1 is 0.969 bits per heavy atom. The molecule has 14 nitrogen and oxygen atoms in total. The van der Waals surface area contributed by atoms with E-state index in [4.69, 9.17) is 9.47 Å². The number of hydrogen-bond acceptors (Lipinski definition) is 11. The second kappa shape index (κ2) is 16.8. The van der Waals surface area contributed by atoms with Gasteiger partial charge < -0.3 is 24.7 Å². The van der Waals surface area contributed by atoms with Gasteiger partial charge in [-0.15, -0.1) is 0 Å². The molecule has 1 spiro atoms. The number of nitrogens with zero attached hydrogens (tertiary/aromatic N) is 4. The molecule has 15 heteroatoms. The molecule has 5 aliphatic rings. The number of carbonyl (C=O) groups is 1. The second-order valence-electron chi connectivity index (χ2n) is 19.4. The van der Waals surface area contributed by atoms with Crippen LogP contribution >= 0.6 is 0 Å². The fourth-order valence-electron chi connectivity index (χ4n) is 11.0. The molecule has 64 heavy (non-hydrogen) atoms. The number of amides is 1. The molecular formula is C49H57N7O7S. The summed E-state index contributed by atoms with van der Waals surface area (Å²) >= 11 is 0. The lowest BCUT2D eigenvalue weighted by Gasteiger charge is -2.56. The summed E-state index contributed by atoms with van der Waals surface area (Å²) in [5.41, 5.74) is 4.50. The third-order valence-corrected chi connectivity index (χ3v) is 15.9. The molecule has 1 amide bonds. The highest BCUT2D eigenvalue weighted by atomic mass is 32.2. The van der Waals surface area contributed by atoms with Crippen LogP contribution < -0.4 is 19.7 Å². The Labute approximate surface area is 374 Å². The van der Waals surface area contributed by atoms with Gasteiger partial charge in [-0.2, -0.15) is 0 Å². The number of sulfonamides is 1. The van der Waals surface area contributed by atoms with Gasteiger partial charge in [-0.3, -0.25) is 19.8 Å². The van der Waals surface area contributed by atoms with Crippen LogP contribution in [0.4, 0.5) is 17.1 Å². The predicted molar refractivity (Wildman–Crippen MR) is 246 cm³/mol. The van der Waals surface area contributed by atoms with Crippen molar-refractivity contribution < 1.29 is 27.6 Å². The first kappa shape index (κ1) is 42.4. The molecule has 5 heterocycles. The Morgan fingerprint density at radius 2 is 1.77 bits per heavy atom. The van der Waals surface area contributed by atoms with E-state index >= 15 is 0 Å². The summed E-state index contributed by atoms with van der Waals surface area (Å²) in [6, 6.07) is 22.8. The molecule has 0 radical (unpaired) electrons. The molecule has 10 rings (SSSR count). The van der Waals surface area contributed by atoms with Crippen molar-refractivity contribution >= 4 is 44.0 Å². The average molecular weight is 888 g/mol. The molecular weight excluding hydrogens is 831 g/mol. The molecule has 0 bridgehead atoms. The minimum atomic E-state index is -4.55. The quantitative estimate of drug-likeness (QED) is 0.0760. The summed E-state index contributed by atoms with van der Waals surface area (Å²) in [6.07, 6.45) is 14.6. The number of H-pyrrole nitrogens is 1. The van der Waals surface area contributed by atoms with Crippen molar-refractivity contribution in [2.75, 3.05) is 43.0 Å². The molecule has 3 N–H and O–H groups in total. The predicted octanol–water partition coefficient (Wildman–Crippen LogP) is 9.46. The average Bonchev–Trinajstić information content (AvgIpc) is 3.81. The van der Waals surface area contributed by atoms with Crippen LogP contribution in [0.15, 0.2) is 90.1 Å². The van der Waals surface area contributed by atoms with Crippen molar-refractivity contribution in [2.24, 2.45) is 11.3 Å².